The van der Waals surface area contributed by atoms with Crippen LogP contribution >= 0.6 is 0 Å². The summed E-state index contributed by atoms with van der Waals surface area (Å²) in [4.78, 5) is 18.6. The molecule has 0 radical (unpaired) electrons. The van der Waals surface area contributed by atoms with Crippen molar-refractivity contribution in [3.63, 3.8) is 0 Å². The molecule has 0 unspecified atom stereocenters. The van der Waals surface area contributed by atoms with Crippen molar-refractivity contribution in [3.8, 4) is 5.75 Å². The van der Waals surface area contributed by atoms with Crippen molar-refractivity contribution < 1.29 is 4.74 Å². The van der Waals surface area contributed by atoms with E-state index in [0.29, 0.717) is 13.1 Å². The van der Waals surface area contributed by atoms with E-state index in [1.165, 1.54) is 11.1 Å². The van der Waals surface area contributed by atoms with Crippen molar-refractivity contribution in [3.05, 3.63) is 117 Å². The number of pyridine rings is 1. The van der Waals surface area contributed by atoms with Crippen molar-refractivity contribution >= 4 is 10.9 Å². The van der Waals surface area contributed by atoms with E-state index in [0.717, 1.165) is 58.6 Å². The molecule has 40 heavy (non-hydrogen) atoms. The molecule has 0 spiro atoms. The zero-order chi connectivity index (χ0) is 28.1. The normalized spacial score (nSPS) is 12.2. The van der Waals surface area contributed by atoms with Crippen molar-refractivity contribution in [2.24, 2.45) is 0 Å². The highest BCUT2D eigenvalue weighted by Gasteiger charge is 2.26. The summed E-state index contributed by atoms with van der Waals surface area (Å²) >= 11 is 0. The first-order valence-corrected chi connectivity index (χ1v) is 13.7. The lowest BCUT2D eigenvalue weighted by atomic mass is 10.0. The molecule has 5 rings (SSSR count). The molecule has 8 heteroatoms. The second-order valence-corrected chi connectivity index (χ2v) is 10.3. The number of ether oxygens (including phenoxy) is 1. The molecule has 1 atom stereocenters. The molecule has 0 fully saturated rings. The van der Waals surface area contributed by atoms with Gasteiger partial charge in [-0.15, -0.1) is 5.10 Å². The van der Waals surface area contributed by atoms with Gasteiger partial charge in [-0.25, -0.2) is 4.68 Å². The highest BCUT2D eigenvalue weighted by molar-refractivity contribution is 5.79. The fraction of sp³-hybridized carbons (Fsp3) is 0.312. The molecule has 0 saturated heterocycles. The third-order valence-corrected chi connectivity index (χ3v) is 7.56. The Hall–Kier alpha value is -4.30. The van der Waals surface area contributed by atoms with Crippen LogP contribution in [-0.2, 0) is 19.5 Å². The molecular formula is C32H36N6O2. The number of hydrogen-bond donors (Lipinski definition) is 1. The molecule has 2 aromatic heterocycles. The van der Waals surface area contributed by atoms with E-state index >= 15 is 0 Å². The molecule has 3 aromatic carbocycles. The van der Waals surface area contributed by atoms with Crippen molar-refractivity contribution in [1.29, 1.82) is 0 Å². The summed E-state index contributed by atoms with van der Waals surface area (Å²) in [5, 5.41) is 13.9. The first-order valence-electron chi connectivity index (χ1n) is 13.7. The van der Waals surface area contributed by atoms with E-state index in [-0.39, 0.29) is 11.6 Å². The fourth-order valence-electron chi connectivity index (χ4n) is 5.28. The largest absolute Gasteiger partial charge is 0.497 e. The Kier molecular flexibility index (Phi) is 8.36. The van der Waals surface area contributed by atoms with Crippen LogP contribution < -0.4 is 10.3 Å². The molecule has 0 amide bonds. The van der Waals surface area contributed by atoms with Crippen LogP contribution in [0.3, 0.4) is 0 Å². The second kappa shape index (κ2) is 12.3. The lowest BCUT2D eigenvalue weighted by molar-refractivity contribution is 0.172. The summed E-state index contributed by atoms with van der Waals surface area (Å²) in [5.74, 6) is 1.60. The zero-order valence-electron chi connectivity index (χ0n) is 23.6. The number of hydrogen-bond acceptors (Lipinski definition) is 6. The number of H-pyrrole nitrogens is 1. The minimum Gasteiger partial charge on any atom is -0.497 e. The number of methoxy groups -OCH3 is 1. The average Bonchev–Trinajstić information content (AvgIpc) is 3.41. The van der Waals surface area contributed by atoms with Crippen molar-refractivity contribution in [2.75, 3.05) is 13.7 Å². The van der Waals surface area contributed by atoms with E-state index < -0.39 is 0 Å². The number of tetrazole rings is 1. The Balaban J connectivity index is 1.48. The third kappa shape index (κ3) is 6.13. The first-order chi connectivity index (χ1) is 19.4. The molecule has 0 aliphatic carbocycles. The fourth-order valence-corrected chi connectivity index (χ4v) is 5.28. The van der Waals surface area contributed by atoms with Gasteiger partial charge in [0.25, 0.3) is 5.56 Å². The van der Waals surface area contributed by atoms with E-state index in [4.69, 9.17) is 4.74 Å². The third-order valence-electron chi connectivity index (χ3n) is 7.56. The highest BCUT2D eigenvalue weighted by Crippen LogP contribution is 2.26. The van der Waals surface area contributed by atoms with Gasteiger partial charge in [0, 0.05) is 24.2 Å². The molecule has 2 heterocycles. The van der Waals surface area contributed by atoms with Crippen LogP contribution in [0.15, 0.2) is 77.6 Å². The molecule has 0 aliphatic rings. The van der Waals surface area contributed by atoms with Crippen LogP contribution in [-0.4, -0.2) is 43.7 Å². The van der Waals surface area contributed by atoms with Crippen molar-refractivity contribution in [2.45, 2.75) is 52.7 Å². The number of aryl methyl sites for hydroxylation is 2. The summed E-state index contributed by atoms with van der Waals surface area (Å²) < 4.78 is 7.17. The predicted molar refractivity (Wildman–Crippen MR) is 158 cm³/mol. The summed E-state index contributed by atoms with van der Waals surface area (Å²) in [7, 11) is 1.66. The number of nitrogens with one attached hydrogen (secondary N) is 1. The summed E-state index contributed by atoms with van der Waals surface area (Å²) in [6.07, 6.45) is 1.65. The summed E-state index contributed by atoms with van der Waals surface area (Å²) in [6.45, 7) is 8.14. The van der Waals surface area contributed by atoms with E-state index in [1.54, 1.807) is 7.11 Å². The Morgan fingerprint density at radius 3 is 2.55 bits per heavy atom. The number of rotatable bonds is 11. The summed E-state index contributed by atoms with van der Waals surface area (Å²) in [5.41, 5.74) is 6.31. The zero-order valence-corrected chi connectivity index (χ0v) is 23.6. The van der Waals surface area contributed by atoms with Gasteiger partial charge in [0.05, 0.1) is 19.7 Å². The molecule has 5 aromatic rings. The Bertz CT molecular complexity index is 1640. The molecule has 8 nitrogen and oxygen atoms in total. The maximum absolute atomic E-state index is 13.2. The van der Waals surface area contributed by atoms with Gasteiger partial charge >= 0.3 is 0 Å². The van der Waals surface area contributed by atoms with Crippen LogP contribution in [0.4, 0.5) is 0 Å². The number of fused-ring (bicyclic) bond motifs is 1. The standard InChI is InChI=1S/C32H36N6O2/c1-5-30(31-34-35-36-38(31)20-24-11-13-28(40-4)14-12-24)37(17-16-25-9-7-6-8-23(25)3)21-27-19-26-18-22(2)10-15-29(26)33-32(27)39/h6-15,18-19,30H,5,16-17,20-21H2,1-4H3,(H,33,39)/t30-/m0/s1. The maximum Gasteiger partial charge on any atom is 0.252 e. The minimum absolute atomic E-state index is 0.0649. The van der Waals surface area contributed by atoms with Gasteiger partial charge in [0.2, 0.25) is 0 Å². The van der Waals surface area contributed by atoms with Gasteiger partial charge in [0.1, 0.15) is 5.75 Å². The van der Waals surface area contributed by atoms with Gasteiger partial charge in [-0.3, -0.25) is 9.69 Å². The van der Waals surface area contributed by atoms with Gasteiger partial charge in [-0.2, -0.15) is 0 Å². The van der Waals surface area contributed by atoms with Gasteiger partial charge in [-0.05, 0) is 89.5 Å². The monoisotopic (exact) mass is 536 g/mol. The van der Waals surface area contributed by atoms with Gasteiger partial charge in [-0.1, -0.05) is 55.0 Å². The Morgan fingerprint density at radius 1 is 1.00 bits per heavy atom. The molecule has 1 N–H and O–H groups in total. The van der Waals surface area contributed by atoms with Crippen LogP contribution in [0.1, 0.15) is 53.0 Å². The van der Waals surface area contributed by atoms with Crippen LogP contribution in [0.5, 0.6) is 5.75 Å². The van der Waals surface area contributed by atoms with Gasteiger partial charge < -0.3 is 9.72 Å². The van der Waals surface area contributed by atoms with Gasteiger partial charge in [0.15, 0.2) is 5.82 Å². The SMILES string of the molecule is CC[C@@H](c1nnnn1Cc1ccc(OC)cc1)N(CCc1ccccc1C)Cc1cc2cc(C)ccc2[nH]c1=O. The Labute approximate surface area is 234 Å². The van der Waals surface area contributed by atoms with E-state index in [2.05, 4.69) is 76.5 Å². The number of benzene rings is 3. The quantitative estimate of drug-likeness (QED) is 0.244. The Morgan fingerprint density at radius 2 is 1.80 bits per heavy atom. The lowest BCUT2D eigenvalue weighted by Crippen LogP contribution is -2.34. The van der Waals surface area contributed by atoms with Crippen LogP contribution in [0, 0.1) is 13.8 Å². The number of aromatic nitrogens is 5. The predicted octanol–water partition coefficient (Wildman–Crippen LogP) is 5.38. The average molecular weight is 537 g/mol. The smallest absolute Gasteiger partial charge is 0.252 e. The maximum atomic E-state index is 13.2. The van der Waals surface area contributed by atoms with Crippen molar-refractivity contribution in [1.82, 2.24) is 30.1 Å². The number of nitrogens with zero attached hydrogens (tertiary/aromatic N) is 5. The lowest BCUT2D eigenvalue weighted by Gasteiger charge is -2.30. The highest BCUT2D eigenvalue weighted by atomic mass is 16.5. The molecule has 0 bridgehead atoms. The van der Waals surface area contributed by atoms with Crippen LogP contribution in [0.25, 0.3) is 10.9 Å². The topological polar surface area (TPSA) is 88.9 Å². The molecule has 0 aliphatic heterocycles. The molecule has 0 saturated carbocycles. The van der Waals surface area contributed by atoms with E-state index in [9.17, 15) is 4.79 Å². The summed E-state index contributed by atoms with van der Waals surface area (Å²) in [6, 6.07) is 24.4. The molecule has 206 valence electrons. The minimum atomic E-state index is -0.0788. The van der Waals surface area contributed by atoms with E-state index in [1.807, 2.05) is 47.1 Å². The van der Waals surface area contributed by atoms with Crippen LogP contribution in [0.2, 0.25) is 0 Å². The number of aromatic amines is 1. The second-order valence-electron chi connectivity index (χ2n) is 10.3. The first kappa shape index (κ1) is 27.3. The molecular weight excluding hydrogens is 500 g/mol.